The molecule has 1 spiro atoms. The number of carbonyl (C=O) groups is 1. The molecule has 3 saturated heterocycles. The normalized spacial score (nSPS) is 25.3. The lowest BCUT2D eigenvalue weighted by Crippen LogP contribution is -2.54. The smallest absolute Gasteiger partial charge is 0.297 e. The van der Waals surface area contributed by atoms with Crippen molar-refractivity contribution in [2.24, 2.45) is 11.3 Å². The Kier molecular flexibility index (Phi) is 13.0. The van der Waals surface area contributed by atoms with Crippen LogP contribution in [0.4, 0.5) is 21.5 Å². The van der Waals surface area contributed by atoms with Gasteiger partial charge in [0.15, 0.2) is 17.2 Å². The fraction of sp³-hybridized carbons (Fsp3) is 0.519. The number of hydrogen-bond acceptors (Lipinski definition) is 14. The lowest BCUT2D eigenvalue weighted by molar-refractivity contribution is -0.384. The van der Waals surface area contributed by atoms with Crippen molar-refractivity contribution < 1.29 is 41.8 Å². The monoisotopic (exact) mass is 1020 g/mol. The third-order valence-electron chi connectivity index (χ3n) is 16.8. The average molecular weight is 1020 g/mol. The fourth-order valence-electron chi connectivity index (χ4n) is 12.5. The van der Waals surface area contributed by atoms with E-state index in [1.54, 1.807) is 19.1 Å². The summed E-state index contributed by atoms with van der Waals surface area (Å²) < 4.78 is 64.5. The molecule has 3 atom stereocenters. The number of benzene rings is 3. The van der Waals surface area contributed by atoms with Crippen LogP contribution in [0.25, 0.3) is 11.0 Å². The minimum Gasteiger partial charge on any atom is -0.489 e. The van der Waals surface area contributed by atoms with Gasteiger partial charge >= 0.3 is 0 Å². The van der Waals surface area contributed by atoms with Crippen LogP contribution >= 0.6 is 0 Å². The highest BCUT2D eigenvalue weighted by Crippen LogP contribution is 2.55. The average Bonchev–Trinajstić information content (AvgIpc) is 4.15. The van der Waals surface area contributed by atoms with Gasteiger partial charge in [-0.2, -0.15) is 4.98 Å². The fourth-order valence-corrected chi connectivity index (χ4v) is 13.5. The van der Waals surface area contributed by atoms with Crippen molar-refractivity contribution in [1.29, 1.82) is 0 Å². The number of aliphatic hydroxyl groups is 1. The standard InChI is InChI=1S/C54H65FN8O9S/c1-32(2)38-7-4-5-8-39(38)44-9-6-20-62(44)35-27-54(28-35)17-21-61(22-18-54)34-10-11-40(46(23-34)72-48-26-41-42(55)30-57-50(41)59-52(48)71-36-14-19-56-29-36)51(64)60-73(68,69)37-24-45(63(66)67)49-47(25-37)70-31-43(58-49)33-12-15-53(3,65)16-13-33/h4-5,7-8,10-11,23-26,30,32-33,35-36,43-44,56,58,65H,6,9,12-22,27-29,31H2,1-3H3,(H,57,59)(H,60,64)/t33-,36-,43-,44-,53-/m1/s1. The van der Waals surface area contributed by atoms with Crippen molar-refractivity contribution in [3.8, 4) is 23.1 Å². The molecule has 5 N–H and O–H groups in total. The molecule has 19 heteroatoms. The summed E-state index contributed by atoms with van der Waals surface area (Å²) in [5.74, 6) is -1.07. The van der Waals surface area contributed by atoms with Crippen molar-refractivity contribution in [1.82, 2.24) is 24.9 Å². The molecule has 5 aromatic rings. The predicted octanol–water partition coefficient (Wildman–Crippen LogP) is 9.09. The molecule has 388 valence electrons. The summed E-state index contributed by atoms with van der Waals surface area (Å²) in [6.45, 7) is 10.4. The second-order valence-corrected chi connectivity index (χ2v) is 23.7. The highest BCUT2D eigenvalue weighted by molar-refractivity contribution is 7.90. The number of nitro benzene ring substituents is 1. The van der Waals surface area contributed by atoms with Gasteiger partial charge in [-0.3, -0.25) is 19.8 Å². The number of aromatic amines is 1. The summed E-state index contributed by atoms with van der Waals surface area (Å²) in [5, 5.41) is 29.6. The van der Waals surface area contributed by atoms with E-state index in [0.717, 1.165) is 63.6 Å². The molecular weight excluding hydrogens is 956 g/mol. The molecular formula is C54H65FN8O9S. The van der Waals surface area contributed by atoms with Crippen LogP contribution in [0, 0.1) is 27.3 Å². The summed E-state index contributed by atoms with van der Waals surface area (Å²) in [6, 6.07) is 18.1. The molecule has 5 fully saturated rings. The Morgan fingerprint density at radius 1 is 1.01 bits per heavy atom. The van der Waals surface area contributed by atoms with E-state index in [1.807, 2.05) is 0 Å². The van der Waals surface area contributed by atoms with Gasteiger partial charge in [-0.25, -0.2) is 17.5 Å². The molecule has 0 radical (unpaired) electrons. The minimum atomic E-state index is -4.77. The molecule has 2 saturated carbocycles. The number of likely N-dealkylation sites (tertiary alicyclic amines) is 1. The zero-order valence-electron chi connectivity index (χ0n) is 41.6. The highest BCUT2D eigenvalue weighted by Gasteiger charge is 2.50. The zero-order valence-corrected chi connectivity index (χ0v) is 42.4. The van der Waals surface area contributed by atoms with Gasteiger partial charge in [-0.15, -0.1) is 0 Å². The van der Waals surface area contributed by atoms with Crippen molar-refractivity contribution in [2.45, 2.75) is 132 Å². The van der Waals surface area contributed by atoms with Crippen LogP contribution in [0.3, 0.4) is 0 Å². The number of fused-ring (bicyclic) bond motifs is 2. The number of anilines is 2. The minimum absolute atomic E-state index is 0.0215. The Hall–Kier alpha value is -6.02. The van der Waals surface area contributed by atoms with E-state index in [-0.39, 0.29) is 75.5 Å². The number of piperidine rings is 1. The summed E-state index contributed by atoms with van der Waals surface area (Å²) in [7, 11) is -4.77. The lowest BCUT2D eigenvalue weighted by Gasteiger charge is -2.56. The number of sulfonamides is 1. The van der Waals surface area contributed by atoms with E-state index in [1.165, 1.54) is 48.4 Å². The molecule has 4 aliphatic heterocycles. The molecule has 3 aromatic carbocycles. The topological polar surface area (TPSA) is 214 Å². The number of nitrogens with one attached hydrogen (secondary N) is 4. The molecule has 2 aromatic heterocycles. The molecule has 73 heavy (non-hydrogen) atoms. The van der Waals surface area contributed by atoms with Crippen LogP contribution < -0.4 is 34.5 Å². The molecule has 11 rings (SSSR count). The first-order valence-electron chi connectivity index (χ1n) is 26.0. The Balaban J connectivity index is 0.851. The lowest BCUT2D eigenvalue weighted by atomic mass is 9.59. The number of ether oxygens (including phenoxy) is 3. The van der Waals surface area contributed by atoms with Gasteiger partial charge < -0.3 is 39.8 Å². The number of pyridine rings is 1. The summed E-state index contributed by atoms with van der Waals surface area (Å²) in [4.78, 5) is 38.1. The van der Waals surface area contributed by atoms with Gasteiger partial charge in [0, 0.05) is 67.9 Å². The number of nitro groups is 1. The second kappa shape index (κ2) is 19.4. The second-order valence-electron chi connectivity index (χ2n) is 22.0. The van der Waals surface area contributed by atoms with Gasteiger partial charge in [0.05, 0.1) is 32.4 Å². The van der Waals surface area contributed by atoms with E-state index in [9.17, 15) is 28.4 Å². The van der Waals surface area contributed by atoms with Gasteiger partial charge in [0.25, 0.3) is 27.5 Å². The van der Waals surface area contributed by atoms with Crippen LogP contribution in [0.5, 0.6) is 23.1 Å². The number of amides is 1. The van der Waals surface area contributed by atoms with Crippen molar-refractivity contribution in [3.63, 3.8) is 0 Å². The zero-order chi connectivity index (χ0) is 50.8. The van der Waals surface area contributed by atoms with E-state index in [4.69, 9.17) is 14.2 Å². The number of aromatic nitrogens is 2. The van der Waals surface area contributed by atoms with E-state index >= 15 is 4.39 Å². The summed E-state index contributed by atoms with van der Waals surface area (Å²) in [6.07, 6.45) is 10.8. The number of nitrogens with zero attached hydrogens (tertiary/aromatic N) is 4. The molecule has 1 amide bonds. The Morgan fingerprint density at radius 2 is 1.79 bits per heavy atom. The third kappa shape index (κ3) is 9.80. The van der Waals surface area contributed by atoms with Crippen molar-refractivity contribution >= 4 is 44.0 Å². The number of H-pyrrole nitrogens is 1. The van der Waals surface area contributed by atoms with Crippen molar-refractivity contribution in [3.05, 3.63) is 99.5 Å². The number of rotatable bonds is 13. The maximum atomic E-state index is 15.1. The maximum absolute atomic E-state index is 15.1. The molecule has 6 heterocycles. The van der Waals surface area contributed by atoms with Gasteiger partial charge in [0.2, 0.25) is 0 Å². The number of hydrogen-bond donors (Lipinski definition) is 5. The Labute approximate surface area is 424 Å². The van der Waals surface area contributed by atoms with Gasteiger partial charge in [0.1, 0.15) is 29.9 Å². The van der Waals surface area contributed by atoms with E-state index in [0.29, 0.717) is 56.7 Å². The Bertz CT molecular complexity index is 3030. The Morgan fingerprint density at radius 3 is 2.53 bits per heavy atom. The van der Waals surface area contributed by atoms with Crippen LogP contribution in [-0.2, 0) is 10.0 Å². The predicted molar refractivity (Wildman–Crippen MR) is 274 cm³/mol. The van der Waals surface area contributed by atoms with E-state index in [2.05, 4.69) is 73.2 Å². The first-order valence-corrected chi connectivity index (χ1v) is 27.5. The molecule has 6 aliphatic rings. The van der Waals surface area contributed by atoms with E-state index < -0.39 is 42.9 Å². The summed E-state index contributed by atoms with van der Waals surface area (Å²) in [5.41, 5.74) is 2.72. The van der Waals surface area contributed by atoms with Crippen LogP contribution in [-0.4, -0.2) is 102 Å². The quantitative estimate of drug-likeness (QED) is 0.0550. The molecule has 17 nitrogen and oxygen atoms in total. The van der Waals surface area contributed by atoms with Crippen LogP contribution in [0.2, 0.25) is 0 Å². The maximum Gasteiger partial charge on any atom is 0.297 e. The third-order valence-corrected chi connectivity index (χ3v) is 18.1. The largest absolute Gasteiger partial charge is 0.489 e. The summed E-state index contributed by atoms with van der Waals surface area (Å²) >= 11 is 0. The molecule has 2 aliphatic carbocycles. The van der Waals surface area contributed by atoms with Gasteiger partial charge in [-0.05, 0) is 131 Å². The van der Waals surface area contributed by atoms with Crippen LogP contribution in [0.1, 0.15) is 125 Å². The highest BCUT2D eigenvalue weighted by atomic mass is 32.2. The van der Waals surface area contributed by atoms with Crippen molar-refractivity contribution in [2.75, 3.05) is 49.5 Å². The van der Waals surface area contributed by atoms with Crippen LogP contribution in [0.15, 0.2) is 71.8 Å². The number of carbonyl (C=O) groups excluding carboxylic acids is 1. The molecule has 0 unspecified atom stereocenters. The number of halogens is 1. The SMILES string of the molecule is CC(C)c1ccccc1[C@H]1CCCN1C1CC2(CCN(c3ccc(C(=O)NS(=O)(=O)c4cc5c(c([N+](=O)[O-])c4)N[C@@H]([C@H]4CC[C@](C)(O)CC4)CO5)c(Oc4cc5c(F)c[nH]c5nc4O[C@@H]4CCNC4)c3)CC2)C1. The molecule has 0 bridgehead atoms. The first kappa shape index (κ1) is 49.2. The first-order chi connectivity index (χ1) is 35.0. The van der Waals surface area contributed by atoms with Gasteiger partial charge in [-0.1, -0.05) is 38.1 Å².